The molecule has 0 saturated carbocycles. The Balaban J connectivity index is 2.15. The Kier molecular flexibility index (Phi) is 4.85. The Labute approximate surface area is 156 Å². The quantitative estimate of drug-likeness (QED) is 0.713. The van der Waals surface area contributed by atoms with Crippen LogP contribution in [0, 0.1) is 13.8 Å². The van der Waals surface area contributed by atoms with Crippen LogP contribution in [0.4, 0.5) is 10.5 Å². The van der Waals surface area contributed by atoms with Crippen LogP contribution in [0.1, 0.15) is 25.0 Å². The van der Waals surface area contributed by atoms with Crippen molar-refractivity contribution in [3.63, 3.8) is 0 Å². The van der Waals surface area contributed by atoms with Gasteiger partial charge >= 0.3 is 17.5 Å². The molecule has 0 bridgehead atoms. The molecule has 7 nitrogen and oxygen atoms in total. The zero-order chi connectivity index (χ0) is 19.7. The first-order valence-electron chi connectivity index (χ1n) is 8.63. The molecule has 0 saturated heterocycles. The summed E-state index contributed by atoms with van der Waals surface area (Å²) in [7, 11) is 0. The first-order chi connectivity index (χ1) is 12.8. The van der Waals surface area contributed by atoms with Gasteiger partial charge in [0.1, 0.15) is 0 Å². The first kappa shape index (κ1) is 18.4. The van der Waals surface area contributed by atoms with Gasteiger partial charge < -0.3 is 4.52 Å². The Hall–Kier alpha value is -3.35. The molecule has 3 aromatic rings. The average Bonchev–Trinajstić information content (AvgIpc) is 2.91. The molecule has 0 aliphatic carbocycles. The Morgan fingerprint density at radius 2 is 1.56 bits per heavy atom. The number of nitrogens with zero attached hydrogens (tertiary/aromatic N) is 3. The molecule has 1 aromatic heterocycles. The van der Waals surface area contributed by atoms with E-state index in [1.54, 1.807) is 50.2 Å². The van der Waals surface area contributed by atoms with E-state index in [9.17, 15) is 14.4 Å². The number of hydrogen-bond acceptors (Lipinski definition) is 4. The normalized spacial score (nSPS) is 11.0. The van der Waals surface area contributed by atoms with Crippen molar-refractivity contribution >= 4 is 11.7 Å². The van der Waals surface area contributed by atoms with Crippen molar-refractivity contribution in [2.45, 2.75) is 33.7 Å². The molecule has 2 aromatic carbocycles. The van der Waals surface area contributed by atoms with Crippen LogP contribution >= 0.6 is 0 Å². The lowest BCUT2D eigenvalue weighted by molar-refractivity contribution is 0.208. The minimum atomic E-state index is -0.900. The molecule has 1 amide bonds. The SMILES string of the molecule is Cc1cccc(C)c1-n1c(=O)on(C(=O)N(c2ccccc2)C(C)C)c1=O. The number of carbonyl (C=O) groups is 1. The molecule has 0 atom stereocenters. The van der Waals surface area contributed by atoms with Crippen molar-refractivity contribution in [1.29, 1.82) is 0 Å². The monoisotopic (exact) mass is 367 g/mol. The predicted octanol–water partition coefficient (Wildman–Crippen LogP) is 3.09. The Morgan fingerprint density at radius 3 is 2.11 bits per heavy atom. The van der Waals surface area contributed by atoms with E-state index in [1.165, 1.54) is 4.90 Å². The van der Waals surface area contributed by atoms with Crippen molar-refractivity contribution in [3.05, 3.63) is 80.7 Å². The van der Waals surface area contributed by atoms with E-state index in [4.69, 9.17) is 4.52 Å². The maximum Gasteiger partial charge on any atom is 0.447 e. The van der Waals surface area contributed by atoms with Crippen LogP contribution in [-0.2, 0) is 0 Å². The number of hydrogen-bond donors (Lipinski definition) is 0. The van der Waals surface area contributed by atoms with Gasteiger partial charge in [-0.25, -0.2) is 14.4 Å². The zero-order valence-electron chi connectivity index (χ0n) is 15.7. The van der Waals surface area contributed by atoms with E-state index in [0.717, 1.165) is 15.7 Å². The van der Waals surface area contributed by atoms with E-state index >= 15 is 0 Å². The highest BCUT2D eigenvalue weighted by atomic mass is 16.5. The predicted molar refractivity (Wildman–Crippen MR) is 103 cm³/mol. The Bertz CT molecular complexity index is 1070. The molecule has 0 radical (unpaired) electrons. The lowest BCUT2D eigenvalue weighted by Gasteiger charge is -2.25. The molecule has 1 heterocycles. The summed E-state index contributed by atoms with van der Waals surface area (Å²) in [6, 6.07) is 13.4. The summed E-state index contributed by atoms with van der Waals surface area (Å²) in [6.07, 6.45) is 0. The molecule has 0 fully saturated rings. The van der Waals surface area contributed by atoms with Crippen molar-refractivity contribution in [2.24, 2.45) is 0 Å². The van der Waals surface area contributed by atoms with Crippen LogP contribution in [0.25, 0.3) is 5.69 Å². The minimum absolute atomic E-state index is 0.249. The number of anilines is 1. The van der Waals surface area contributed by atoms with Crippen LogP contribution in [0.5, 0.6) is 0 Å². The van der Waals surface area contributed by atoms with Crippen LogP contribution < -0.4 is 16.3 Å². The number of rotatable bonds is 3. The fraction of sp³-hybridized carbons (Fsp3) is 0.250. The highest BCUT2D eigenvalue weighted by Crippen LogP contribution is 2.18. The second-order valence-electron chi connectivity index (χ2n) is 6.59. The average molecular weight is 367 g/mol. The molecule has 0 spiro atoms. The Morgan fingerprint density at radius 1 is 0.963 bits per heavy atom. The zero-order valence-corrected chi connectivity index (χ0v) is 15.7. The molecule has 0 N–H and O–H groups in total. The van der Waals surface area contributed by atoms with Gasteiger partial charge in [0, 0.05) is 11.7 Å². The van der Waals surface area contributed by atoms with Crippen LogP contribution in [0.3, 0.4) is 0 Å². The molecule has 0 aliphatic heterocycles. The third-order valence-corrected chi connectivity index (χ3v) is 4.31. The van der Waals surface area contributed by atoms with Crippen molar-refractivity contribution in [3.8, 4) is 5.69 Å². The fourth-order valence-corrected chi connectivity index (χ4v) is 3.11. The minimum Gasteiger partial charge on any atom is -0.307 e. The molecule has 3 rings (SSSR count). The number of benzene rings is 2. The van der Waals surface area contributed by atoms with Gasteiger partial charge in [0.15, 0.2) is 0 Å². The maximum atomic E-state index is 13.0. The lowest BCUT2D eigenvalue weighted by Crippen LogP contribution is -2.44. The third kappa shape index (κ3) is 3.23. The third-order valence-electron chi connectivity index (χ3n) is 4.31. The number of aryl methyl sites for hydroxylation is 2. The van der Waals surface area contributed by atoms with Crippen molar-refractivity contribution in [1.82, 2.24) is 9.31 Å². The van der Waals surface area contributed by atoms with Gasteiger partial charge in [-0.2, -0.15) is 4.57 Å². The van der Waals surface area contributed by atoms with Crippen molar-refractivity contribution in [2.75, 3.05) is 4.90 Å². The smallest absolute Gasteiger partial charge is 0.307 e. The van der Waals surface area contributed by atoms with Gasteiger partial charge in [0.05, 0.1) is 5.69 Å². The molecule has 7 heteroatoms. The van der Waals surface area contributed by atoms with E-state index in [-0.39, 0.29) is 6.04 Å². The van der Waals surface area contributed by atoms with Gasteiger partial charge in [-0.15, -0.1) is 0 Å². The molecule has 27 heavy (non-hydrogen) atoms. The van der Waals surface area contributed by atoms with Gasteiger partial charge in [-0.05, 0) is 51.0 Å². The lowest BCUT2D eigenvalue weighted by atomic mass is 10.1. The van der Waals surface area contributed by atoms with Crippen LogP contribution in [0.15, 0.2) is 62.6 Å². The number of carbonyl (C=O) groups excluding carboxylic acids is 1. The summed E-state index contributed by atoms with van der Waals surface area (Å²) in [5.74, 6) is -0.900. The molecular weight excluding hydrogens is 346 g/mol. The van der Waals surface area contributed by atoms with E-state index in [1.807, 2.05) is 26.0 Å². The highest BCUT2D eigenvalue weighted by Gasteiger charge is 2.27. The number of amides is 1. The van der Waals surface area contributed by atoms with Gasteiger partial charge in [-0.3, -0.25) is 4.90 Å². The molecule has 0 aliphatic rings. The summed E-state index contributed by atoms with van der Waals surface area (Å²) in [5.41, 5.74) is 1.67. The standard InChI is InChI=1S/C20H21N3O4/c1-13(2)21(16-11-6-5-7-12-16)18(24)23-19(25)22(20(26)27-23)17-14(3)9-8-10-15(17)4/h5-13H,1-4H3. The summed E-state index contributed by atoms with van der Waals surface area (Å²) >= 11 is 0. The summed E-state index contributed by atoms with van der Waals surface area (Å²) in [5, 5.41) is 0. The topological polar surface area (TPSA) is 77.5 Å². The summed E-state index contributed by atoms with van der Waals surface area (Å²) in [6.45, 7) is 7.21. The van der Waals surface area contributed by atoms with Gasteiger partial charge in [-0.1, -0.05) is 41.1 Å². The molecular formula is C20H21N3O4. The summed E-state index contributed by atoms with van der Waals surface area (Å²) in [4.78, 5) is 39.7. The van der Waals surface area contributed by atoms with Crippen molar-refractivity contribution < 1.29 is 9.32 Å². The van der Waals surface area contributed by atoms with Crippen LogP contribution in [0.2, 0.25) is 0 Å². The van der Waals surface area contributed by atoms with E-state index in [2.05, 4.69) is 0 Å². The molecule has 0 unspecified atom stereocenters. The number of para-hydroxylation sites is 2. The summed E-state index contributed by atoms with van der Waals surface area (Å²) < 4.78 is 6.45. The van der Waals surface area contributed by atoms with Gasteiger partial charge in [0.25, 0.3) is 0 Å². The second-order valence-corrected chi connectivity index (χ2v) is 6.59. The highest BCUT2D eigenvalue weighted by molar-refractivity contribution is 5.93. The maximum absolute atomic E-state index is 13.0. The van der Waals surface area contributed by atoms with E-state index in [0.29, 0.717) is 16.1 Å². The largest absolute Gasteiger partial charge is 0.447 e. The second kappa shape index (κ2) is 7.11. The first-order valence-corrected chi connectivity index (χ1v) is 8.63. The molecule has 140 valence electrons. The van der Waals surface area contributed by atoms with Gasteiger partial charge in [0.2, 0.25) is 0 Å². The van der Waals surface area contributed by atoms with E-state index < -0.39 is 17.5 Å². The fourth-order valence-electron chi connectivity index (χ4n) is 3.11. The number of aromatic nitrogens is 2. The van der Waals surface area contributed by atoms with Crippen LogP contribution in [-0.4, -0.2) is 21.4 Å².